The number of amides is 2. The van der Waals surface area contributed by atoms with Gasteiger partial charge in [0.1, 0.15) is 29.6 Å². The van der Waals surface area contributed by atoms with Crippen molar-refractivity contribution in [3.63, 3.8) is 0 Å². The van der Waals surface area contributed by atoms with E-state index in [1.54, 1.807) is 30.5 Å². The lowest BCUT2D eigenvalue weighted by Crippen LogP contribution is -2.20. The SMILES string of the molecule is Cc1ccc(NC(=O)Nc2ccc(F)cc2F)cc1OCc1cc(=O)n2cccc(C)c2n1. The van der Waals surface area contributed by atoms with Crippen LogP contribution in [-0.2, 0) is 6.61 Å². The molecular formula is C24H20F2N4O3. The first-order valence-corrected chi connectivity index (χ1v) is 10.0. The predicted octanol–water partition coefficient (Wildman–Crippen LogP) is 4.81. The summed E-state index contributed by atoms with van der Waals surface area (Å²) in [7, 11) is 0. The summed E-state index contributed by atoms with van der Waals surface area (Å²) in [6, 6.07) is 12.2. The molecule has 0 saturated heterocycles. The maximum absolute atomic E-state index is 13.7. The number of hydrogen-bond donors (Lipinski definition) is 2. The van der Waals surface area contributed by atoms with E-state index in [1.807, 2.05) is 19.9 Å². The zero-order valence-corrected chi connectivity index (χ0v) is 17.9. The van der Waals surface area contributed by atoms with Gasteiger partial charge in [-0.2, -0.15) is 0 Å². The van der Waals surface area contributed by atoms with Crippen LogP contribution in [0.5, 0.6) is 5.75 Å². The zero-order chi connectivity index (χ0) is 23.5. The molecule has 0 atom stereocenters. The van der Waals surface area contributed by atoms with Crippen LogP contribution in [0, 0.1) is 25.5 Å². The number of halogens is 2. The van der Waals surface area contributed by atoms with Crippen LogP contribution in [0.1, 0.15) is 16.8 Å². The van der Waals surface area contributed by atoms with Crippen molar-refractivity contribution in [1.29, 1.82) is 0 Å². The third-order valence-corrected chi connectivity index (χ3v) is 4.94. The molecule has 0 aliphatic rings. The van der Waals surface area contributed by atoms with E-state index in [-0.39, 0.29) is 17.9 Å². The Morgan fingerprint density at radius 3 is 2.64 bits per heavy atom. The van der Waals surface area contributed by atoms with Gasteiger partial charge < -0.3 is 15.4 Å². The Morgan fingerprint density at radius 2 is 1.85 bits per heavy atom. The van der Waals surface area contributed by atoms with Crippen LogP contribution >= 0.6 is 0 Å². The van der Waals surface area contributed by atoms with E-state index in [2.05, 4.69) is 15.6 Å². The highest BCUT2D eigenvalue weighted by molar-refractivity contribution is 5.99. The summed E-state index contributed by atoms with van der Waals surface area (Å²) < 4.78 is 34.1. The number of urea groups is 1. The third kappa shape index (κ3) is 4.98. The van der Waals surface area contributed by atoms with Crippen LogP contribution in [0.4, 0.5) is 25.0 Å². The number of ether oxygens (including phenoxy) is 1. The molecule has 0 fully saturated rings. The smallest absolute Gasteiger partial charge is 0.323 e. The summed E-state index contributed by atoms with van der Waals surface area (Å²) in [4.78, 5) is 29.1. The highest BCUT2D eigenvalue weighted by atomic mass is 19.1. The van der Waals surface area contributed by atoms with E-state index >= 15 is 0 Å². The van der Waals surface area contributed by atoms with Gasteiger partial charge in [-0.25, -0.2) is 18.6 Å². The molecule has 0 aliphatic carbocycles. The molecule has 2 aromatic heterocycles. The molecule has 2 aromatic carbocycles. The minimum atomic E-state index is -0.882. The molecule has 0 aliphatic heterocycles. The number of pyridine rings is 1. The molecule has 0 saturated carbocycles. The first-order chi connectivity index (χ1) is 15.8. The molecule has 2 N–H and O–H groups in total. The number of benzene rings is 2. The van der Waals surface area contributed by atoms with Crippen molar-refractivity contribution in [3.8, 4) is 5.75 Å². The summed E-state index contributed by atoms with van der Waals surface area (Å²) >= 11 is 0. The molecule has 0 radical (unpaired) electrons. The number of aryl methyl sites for hydroxylation is 2. The molecule has 0 bridgehead atoms. The van der Waals surface area contributed by atoms with Crippen LogP contribution in [0.3, 0.4) is 0 Å². The maximum atomic E-state index is 13.7. The van der Waals surface area contributed by atoms with Crippen LogP contribution in [0.15, 0.2) is 65.6 Å². The number of fused-ring (bicyclic) bond motifs is 1. The minimum Gasteiger partial charge on any atom is -0.487 e. The molecule has 0 unspecified atom stereocenters. The van der Waals surface area contributed by atoms with Crippen molar-refractivity contribution < 1.29 is 18.3 Å². The molecule has 9 heteroatoms. The summed E-state index contributed by atoms with van der Waals surface area (Å²) in [5.41, 5.74) is 2.73. The van der Waals surface area contributed by atoms with Crippen LogP contribution in [-0.4, -0.2) is 15.4 Å². The minimum absolute atomic E-state index is 0.0529. The van der Waals surface area contributed by atoms with Crippen molar-refractivity contribution in [2.45, 2.75) is 20.5 Å². The number of anilines is 2. The van der Waals surface area contributed by atoms with Crippen molar-refractivity contribution in [1.82, 2.24) is 9.38 Å². The fourth-order valence-electron chi connectivity index (χ4n) is 3.24. The average molecular weight is 450 g/mol. The Balaban J connectivity index is 1.47. The van der Waals surface area contributed by atoms with E-state index < -0.39 is 17.7 Å². The van der Waals surface area contributed by atoms with E-state index in [1.165, 1.54) is 10.5 Å². The van der Waals surface area contributed by atoms with E-state index in [0.717, 1.165) is 23.3 Å². The first kappa shape index (κ1) is 21.9. The Morgan fingerprint density at radius 1 is 1.03 bits per heavy atom. The lowest BCUT2D eigenvalue weighted by atomic mass is 10.2. The number of aromatic nitrogens is 2. The highest BCUT2D eigenvalue weighted by Crippen LogP contribution is 2.24. The highest BCUT2D eigenvalue weighted by Gasteiger charge is 2.11. The first-order valence-electron chi connectivity index (χ1n) is 10.0. The molecule has 4 aromatic rings. The van der Waals surface area contributed by atoms with E-state index in [4.69, 9.17) is 4.74 Å². The van der Waals surface area contributed by atoms with Crippen molar-refractivity contribution in [3.05, 3.63) is 99.6 Å². The Kier molecular flexibility index (Phi) is 6.03. The second kappa shape index (κ2) is 9.07. The quantitative estimate of drug-likeness (QED) is 0.457. The van der Waals surface area contributed by atoms with Gasteiger partial charge in [0.15, 0.2) is 0 Å². The number of carbonyl (C=O) groups excluding carboxylic acids is 1. The third-order valence-electron chi connectivity index (χ3n) is 4.94. The predicted molar refractivity (Wildman–Crippen MR) is 121 cm³/mol. The second-order valence-corrected chi connectivity index (χ2v) is 7.44. The Hall–Kier alpha value is -4.27. The summed E-state index contributed by atoms with van der Waals surface area (Å²) in [6.45, 7) is 3.76. The lowest BCUT2D eigenvalue weighted by Gasteiger charge is -2.13. The van der Waals surface area contributed by atoms with Crippen molar-refractivity contribution in [2.24, 2.45) is 0 Å². The van der Waals surface area contributed by atoms with Gasteiger partial charge in [-0.05, 0) is 49.2 Å². The number of hydrogen-bond acceptors (Lipinski definition) is 4. The van der Waals surface area contributed by atoms with E-state index in [0.29, 0.717) is 28.8 Å². The monoisotopic (exact) mass is 450 g/mol. The number of nitrogens with zero attached hydrogens (tertiary/aromatic N) is 2. The van der Waals surface area contributed by atoms with Gasteiger partial charge >= 0.3 is 6.03 Å². The van der Waals surface area contributed by atoms with Gasteiger partial charge in [-0.3, -0.25) is 9.20 Å². The summed E-state index contributed by atoms with van der Waals surface area (Å²) in [5.74, 6) is -1.14. The fraction of sp³-hybridized carbons (Fsp3) is 0.125. The summed E-state index contributed by atoms with van der Waals surface area (Å²) in [6.07, 6.45) is 1.66. The van der Waals surface area contributed by atoms with E-state index in [9.17, 15) is 18.4 Å². The molecule has 2 heterocycles. The Bertz CT molecular complexity index is 1420. The number of carbonyl (C=O) groups is 1. The van der Waals surface area contributed by atoms with Crippen LogP contribution < -0.4 is 20.9 Å². The van der Waals surface area contributed by atoms with Gasteiger partial charge in [0.05, 0.1) is 11.4 Å². The molecule has 7 nitrogen and oxygen atoms in total. The molecular weight excluding hydrogens is 430 g/mol. The van der Waals surface area contributed by atoms with Gasteiger partial charge in [0.2, 0.25) is 0 Å². The Labute approximate surface area is 187 Å². The van der Waals surface area contributed by atoms with Crippen molar-refractivity contribution >= 4 is 23.1 Å². The maximum Gasteiger partial charge on any atom is 0.323 e. The molecule has 168 valence electrons. The fourth-order valence-corrected chi connectivity index (χ4v) is 3.24. The molecule has 33 heavy (non-hydrogen) atoms. The van der Waals surface area contributed by atoms with Crippen molar-refractivity contribution in [2.75, 3.05) is 10.6 Å². The average Bonchev–Trinajstić information content (AvgIpc) is 2.77. The molecule has 2 amide bonds. The largest absolute Gasteiger partial charge is 0.487 e. The van der Waals surface area contributed by atoms with Crippen LogP contribution in [0.2, 0.25) is 0 Å². The topological polar surface area (TPSA) is 84.7 Å². The standard InChI is InChI=1S/C24H20F2N4O3/c1-14-5-7-17(28-24(32)29-20-8-6-16(25)10-19(20)26)11-21(14)33-13-18-12-22(31)30-9-3-4-15(2)23(30)27-18/h3-12H,13H2,1-2H3,(H2,28,29,32). The normalized spacial score (nSPS) is 10.8. The van der Waals surface area contributed by atoms with Gasteiger partial charge in [0, 0.05) is 30.1 Å². The van der Waals surface area contributed by atoms with Gasteiger partial charge in [-0.1, -0.05) is 12.1 Å². The van der Waals surface area contributed by atoms with Gasteiger partial charge in [0.25, 0.3) is 5.56 Å². The molecule has 0 spiro atoms. The number of nitrogens with one attached hydrogen (secondary N) is 2. The summed E-state index contributed by atoms with van der Waals surface area (Å²) in [5, 5.41) is 4.91. The van der Waals surface area contributed by atoms with Gasteiger partial charge in [-0.15, -0.1) is 0 Å². The van der Waals surface area contributed by atoms with Crippen LogP contribution in [0.25, 0.3) is 5.65 Å². The second-order valence-electron chi connectivity index (χ2n) is 7.44. The lowest BCUT2D eigenvalue weighted by molar-refractivity contribution is 0.262. The molecule has 4 rings (SSSR count). The zero-order valence-electron chi connectivity index (χ0n) is 17.9. The number of rotatable bonds is 5.